The van der Waals surface area contributed by atoms with Crippen molar-refractivity contribution in [2.24, 2.45) is 0 Å². The minimum atomic E-state index is -3.58. The van der Waals surface area contributed by atoms with Crippen LogP contribution in [-0.4, -0.2) is 63.4 Å². The van der Waals surface area contributed by atoms with Crippen LogP contribution in [0.15, 0.2) is 23.1 Å². The molecule has 8 heteroatoms. The number of benzene rings is 1. The van der Waals surface area contributed by atoms with E-state index in [4.69, 9.17) is 4.74 Å². The van der Waals surface area contributed by atoms with Crippen LogP contribution in [0.4, 0.5) is 5.69 Å². The monoisotopic (exact) mass is 355 g/mol. The maximum atomic E-state index is 12.8. The van der Waals surface area contributed by atoms with Gasteiger partial charge in [-0.3, -0.25) is 4.79 Å². The van der Waals surface area contributed by atoms with Crippen molar-refractivity contribution in [2.75, 3.05) is 45.2 Å². The summed E-state index contributed by atoms with van der Waals surface area (Å²) < 4.78 is 32.4. The third kappa shape index (κ3) is 4.06. The van der Waals surface area contributed by atoms with E-state index in [9.17, 15) is 13.2 Å². The molecular weight excluding hydrogens is 330 g/mol. The quantitative estimate of drug-likeness (QED) is 0.834. The molecule has 0 radical (unpaired) electrons. The Bertz CT molecular complexity index is 683. The first-order valence-electron chi connectivity index (χ1n) is 8.12. The first-order chi connectivity index (χ1) is 11.4. The molecule has 1 aromatic rings. The Morgan fingerprint density at radius 3 is 2.42 bits per heavy atom. The van der Waals surface area contributed by atoms with Gasteiger partial charge in [-0.1, -0.05) is 13.8 Å². The lowest BCUT2D eigenvalue weighted by molar-refractivity contribution is -0.115. The fourth-order valence-corrected chi connectivity index (χ4v) is 4.07. The number of hydrogen-bond donors (Lipinski definition) is 1. The first kappa shape index (κ1) is 18.7. The number of rotatable bonds is 6. The summed E-state index contributed by atoms with van der Waals surface area (Å²) in [5.41, 5.74) is 0.373. The summed E-state index contributed by atoms with van der Waals surface area (Å²) in [6, 6.07) is 4.55. The van der Waals surface area contributed by atoms with Gasteiger partial charge in [-0.15, -0.1) is 0 Å². The molecule has 1 heterocycles. The number of anilines is 1. The normalized spacial score (nSPS) is 16.8. The standard InChI is InChI=1S/C16H25N3O4S/c1-4-16(20)17-14-12-13(6-7-15(14)23-3)24(21,22)19-10-8-18(5-2)9-11-19/h6-7,12H,4-5,8-11H2,1-3H3,(H,17,20). The van der Waals surface area contributed by atoms with Crippen LogP contribution >= 0.6 is 0 Å². The summed E-state index contributed by atoms with van der Waals surface area (Å²) in [6.45, 7) is 7.11. The smallest absolute Gasteiger partial charge is 0.243 e. The second-order valence-corrected chi connectivity index (χ2v) is 7.54. The van der Waals surface area contributed by atoms with Gasteiger partial charge in [0.25, 0.3) is 0 Å². The Morgan fingerprint density at radius 1 is 1.21 bits per heavy atom. The molecule has 0 unspecified atom stereocenters. The zero-order chi connectivity index (χ0) is 17.7. The Hall–Kier alpha value is -1.64. The molecule has 1 N–H and O–H groups in total. The number of nitrogens with one attached hydrogen (secondary N) is 1. The van der Waals surface area contributed by atoms with Crippen LogP contribution in [0.5, 0.6) is 5.75 Å². The zero-order valence-corrected chi connectivity index (χ0v) is 15.2. The number of nitrogens with zero attached hydrogens (tertiary/aromatic N) is 2. The summed E-state index contributed by atoms with van der Waals surface area (Å²) in [7, 11) is -2.10. The van der Waals surface area contributed by atoms with Crippen molar-refractivity contribution in [3.8, 4) is 5.75 Å². The maximum absolute atomic E-state index is 12.8. The number of sulfonamides is 1. The number of carbonyl (C=O) groups is 1. The number of likely N-dealkylation sites (N-methyl/N-ethyl adjacent to an activating group) is 1. The van der Waals surface area contributed by atoms with Gasteiger partial charge in [-0.2, -0.15) is 4.31 Å². The van der Waals surface area contributed by atoms with E-state index in [-0.39, 0.29) is 10.8 Å². The highest BCUT2D eigenvalue weighted by Crippen LogP contribution is 2.29. The molecule has 24 heavy (non-hydrogen) atoms. The van der Waals surface area contributed by atoms with E-state index in [1.54, 1.807) is 13.0 Å². The molecule has 0 bridgehead atoms. The van der Waals surface area contributed by atoms with Crippen molar-refractivity contribution in [3.05, 3.63) is 18.2 Å². The highest BCUT2D eigenvalue weighted by molar-refractivity contribution is 7.89. The maximum Gasteiger partial charge on any atom is 0.243 e. The summed E-state index contributed by atoms with van der Waals surface area (Å²) in [4.78, 5) is 14.0. The number of piperazine rings is 1. The van der Waals surface area contributed by atoms with Gasteiger partial charge >= 0.3 is 0 Å². The van der Waals surface area contributed by atoms with Crippen molar-refractivity contribution in [1.29, 1.82) is 0 Å². The zero-order valence-electron chi connectivity index (χ0n) is 14.4. The van der Waals surface area contributed by atoms with Gasteiger partial charge in [-0.25, -0.2) is 8.42 Å². The van der Waals surface area contributed by atoms with Gasteiger partial charge in [0.05, 0.1) is 17.7 Å². The van der Waals surface area contributed by atoms with Gasteiger partial charge in [0.1, 0.15) is 5.75 Å². The number of hydrogen-bond acceptors (Lipinski definition) is 5. The van der Waals surface area contributed by atoms with Crippen LogP contribution in [0.3, 0.4) is 0 Å². The van der Waals surface area contributed by atoms with E-state index in [1.165, 1.54) is 23.5 Å². The molecule has 7 nitrogen and oxygen atoms in total. The average molecular weight is 355 g/mol. The lowest BCUT2D eigenvalue weighted by Gasteiger charge is -2.33. The van der Waals surface area contributed by atoms with Gasteiger partial charge < -0.3 is 15.0 Å². The van der Waals surface area contributed by atoms with E-state index in [0.717, 1.165) is 19.6 Å². The molecule has 0 atom stereocenters. The Kier molecular flexibility index (Phi) is 6.20. The number of amides is 1. The fourth-order valence-electron chi connectivity index (χ4n) is 2.62. The van der Waals surface area contributed by atoms with E-state index in [2.05, 4.69) is 17.1 Å². The van der Waals surface area contributed by atoms with E-state index >= 15 is 0 Å². The molecule has 0 saturated carbocycles. The lowest BCUT2D eigenvalue weighted by atomic mass is 10.3. The number of carbonyl (C=O) groups excluding carboxylic acids is 1. The molecule has 1 saturated heterocycles. The molecule has 0 aliphatic carbocycles. The Labute approximate surface area is 143 Å². The highest BCUT2D eigenvalue weighted by Gasteiger charge is 2.28. The van der Waals surface area contributed by atoms with Crippen LogP contribution in [0, 0.1) is 0 Å². The molecular formula is C16H25N3O4S. The third-order valence-electron chi connectivity index (χ3n) is 4.18. The van der Waals surface area contributed by atoms with E-state index < -0.39 is 10.0 Å². The largest absolute Gasteiger partial charge is 0.495 e. The van der Waals surface area contributed by atoms with E-state index in [1.807, 2.05) is 0 Å². The Morgan fingerprint density at radius 2 is 1.88 bits per heavy atom. The third-order valence-corrected chi connectivity index (χ3v) is 6.08. The fraction of sp³-hybridized carbons (Fsp3) is 0.562. The number of ether oxygens (including phenoxy) is 1. The molecule has 2 rings (SSSR count). The van der Waals surface area contributed by atoms with Crippen LogP contribution in [-0.2, 0) is 14.8 Å². The summed E-state index contributed by atoms with van der Waals surface area (Å²) in [5.74, 6) is 0.242. The van der Waals surface area contributed by atoms with Crippen LogP contribution < -0.4 is 10.1 Å². The average Bonchev–Trinajstić information content (AvgIpc) is 2.61. The predicted octanol–water partition coefficient (Wildman–Crippen LogP) is 1.37. The second-order valence-electron chi connectivity index (χ2n) is 5.60. The molecule has 0 spiro atoms. The van der Waals surface area contributed by atoms with Gasteiger partial charge in [0.15, 0.2) is 0 Å². The van der Waals surface area contributed by atoms with Crippen molar-refractivity contribution in [3.63, 3.8) is 0 Å². The molecule has 0 aromatic heterocycles. The van der Waals surface area contributed by atoms with Crippen molar-refractivity contribution < 1.29 is 17.9 Å². The molecule has 1 amide bonds. The van der Waals surface area contributed by atoms with Crippen molar-refractivity contribution >= 4 is 21.6 Å². The van der Waals surface area contributed by atoms with Gasteiger partial charge in [-0.05, 0) is 24.7 Å². The summed E-state index contributed by atoms with van der Waals surface area (Å²) in [6.07, 6.45) is 0.305. The van der Waals surface area contributed by atoms with Crippen LogP contribution in [0.1, 0.15) is 20.3 Å². The summed E-state index contributed by atoms with van der Waals surface area (Å²) >= 11 is 0. The second kappa shape index (κ2) is 7.96. The van der Waals surface area contributed by atoms with Crippen LogP contribution in [0.25, 0.3) is 0 Å². The van der Waals surface area contributed by atoms with E-state index in [0.29, 0.717) is 30.9 Å². The minimum absolute atomic E-state index is 0.166. The number of methoxy groups -OCH3 is 1. The first-order valence-corrected chi connectivity index (χ1v) is 9.56. The highest BCUT2D eigenvalue weighted by atomic mass is 32.2. The molecule has 1 aromatic carbocycles. The van der Waals surface area contributed by atoms with Crippen molar-refractivity contribution in [2.45, 2.75) is 25.2 Å². The SMILES string of the molecule is CCC(=O)Nc1cc(S(=O)(=O)N2CCN(CC)CC2)ccc1OC. The van der Waals surface area contributed by atoms with Gasteiger partial charge in [0, 0.05) is 32.6 Å². The van der Waals surface area contributed by atoms with Crippen molar-refractivity contribution in [1.82, 2.24) is 9.21 Å². The molecule has 1 aliphatic heterocycles. The molecule has 1 aliphatic rings. The predicted molar refractivity (Wildman–Crippen MR) is 92.8 cm³/mol. The topological polar surface area (TPSA) is 79.0 Å². The van der Waals surface area contributed by atoms with Gasteiger partial charge in [0.2, 0.25) is 15.9 Å². The lowest BCUT2D eigenvalue weighted by Crippen LogP contribution is -2.48. The molecule has 1 fully saturated rings. The Balaban J connectivity index is 2.27. The van der Waals surface area contributed by atoms with Crippen LogP contribution in [0.2, 0.25) is 0 Å². The molecule has 134 valence electrons. The minimum Gasteiger partial charge on any atom is -0.495 e. The summed E-state index contributed by atoms with van der Waals surface area (Å²) in [5, 5.41) is 2.69.